The third-order valence-corrected chi connectivity index (χ3v) is 10.8. The molecule has 3 heterocycles. The van der Waals surface area contributed by atoms with E-state index < -0.39 is 78.8 Å². The van der Waals surface area contributed by atoms with E-state index in [0.29, 0.717) is 18.4 Å². The lowest BCUT2D eigenvalue weighted by Crippen LogP contribution is -2.36. The summed E-state index contributed by atoms with van der Waals surface area (Å²) in [5.41, 5.74) is -0.0281. The molecule has 8 atom stereocenters. The zero-order valence-corrected chi connectivity index (χ0v) is 25.9. The van der Waals surface area contributed by atoms with Crippen LogP contribution in [0.3, 0.4) is 0 Å². The molecule has 2 fully saturated rings. The average molecular weight is 690 g/mol. The summed E-state index contributed by atoms with van der Waals surface area (Å²) in [6.07, 6.45) is -2.87. The molecule has 244 valence electrons. The van der Waals surface area contributed by atoms with E-state index in [-0.39, 0.29) is 0 Å². The van der Waals surface area contributed by atoms with Crippen LogP contribution in [-0.2, 0) is 58.6 Å². The Bertz CT molecular complexity index is 1720. The molecule has 45 heavy (non-hydrogen) atoms. The van der Waals surface area contributed by atoms with Gasteiger partial charge in [0.05, 0.1) is 13.2 Å². The monoisotopic (exact) mass is 690 g/mol. The van der Waals surface area contributed by atoms with Gasteiger partial charge >= 0.3 is 29.2 Å². The number of rotatable bonds is 14. The number of fused-ring (bicyclic) bond motifs is 1. The second kappa shape index (κ2) is 14.0. The number of aromatic amines is 1. The molecule has 0 bridgehead atoms. The quantitative estimate of drug-likeness (QED) is 0.178. The largest absolute Gasteiger partial charge is 0.490 e. The van der Waals surface area contributed by atoms with Crippen molar-refractivity contribution in [3.05, 3.63) is 105 Å². The highest BCUT2D eigenvalue weighted by atomic mass is 31.3. The van der Waals surface area contributed by atoms with Crippen molar-refractivity contribution in [3.8, 4) is 0 Å². The number of nitrogens with zero attached hydrogens (tertiary/aromatic N) is 1. The molecule has 3 aromatic rings. The van der Waals surface area contributed by atoms with E-state index in [1.54, 1.807) is 30.3 Å². The molecule has 8 unspecified atom stereocenters. The predicted octanol–water partition coefficient (Wildman–Crippen LogP) is 2.74. The highest BCUT2D eigenvalue weighted by Gasteiger charge is 2.54. The highest BCUT2D eigenvalue weighted by Crippen LogP contribution is 2.68. The number of phosphoric ester groups is 2. The summed E-state index contributed by atoms with van der Waals surface area (Å²) in [5.74, 6) is 0. The lowest BCUT2D eigenvalue weighted by molar-refractivity contribution is -0.153. The van der Waals surface area contributed by atoms with Crippen LogP contribution in [-0.4, -0.2) is 55.4 Å². The summed E-state index contributed by atoms with van der Waals surface area (Å²) >= 11 is 0. The number of phosphoric acid groups is 3. The minimum Gasteiger partial charge on any atom is -0.346 e. The molecule has 2 aromatic carbocycles. The van der Waals surface area contributed by atoms with Crippen LogP contribution in [0.15, 0.2) is 82.5 Å². The topological polar surface area (TPSA) is 231 Å². The first-order valence-corrected chi connectivity index (χ1v) is 17.8. The van der Waals surface area contributed by atoms with E-state index in [9.17, 15) is 38.0 Å². The van der Waals surface area contributed by atoms with Crippen LogP contribution in [0.1, 0.15) is 23.8 Å². The van der Waals surface area contributed by atoms with Crippen LogP contribution < -0.4 is 11.2 Å². The number of benzene rings is 2. The summed E-state index contributed by atoms with van der Waals surface area (Å²) in [7, 11) is -16.4. The number of nitrogens with one attached hydrogen (secondary N) is 1. The number of aromatic nitrogens is 2. The molecule has 2 aliphatic heterocycles. The van der Waals surface area contributed by atoms with Crippen LogP contribution >= 0.6 is 23.5 Å². The lowest BCUT2D eigenvalue weighted by Gasteiger charge is -2.22. The third kappa shape index (κ3) is 9.24. The molecular weight excluding hydrogens is 661 g/mol. The number of H-pyrrole nitrogens is 1. The summed E-state index contributed by atoms with van der Waals surface area (Å²) in [4.78, 5) is 56.0. The fourth-order valence-corrected chi connectivity index (χ4v) is 8.17. The Labute approximate surface area is 255 Å². The second-order valence-electron chi connectivity index (χ2n) is 9.86. The van der Waals surface area contributed by atoms with Gasteiger partial charge in [0, 0.05) is 18.7 Å². The van der Waals surface area contributed by atoms with Crippen molar-refractivity contribution >= 4 is 23.5 Å². The van der Waals surface area contributed by atoms with Gasteiger partial charge in [-0.15, -0.1) is 0 Å². The van der Waals surface area contributed by atoms with Crippen LogP contribution in [0, 0.1) is 0 Å². The molecule has 1 aromatic heterocycles. The van der Waals surface area contributed by atoms with Gasteiger partial charge < -0.3 is 28.9 Å². The van der Waals surface area contributed by atoms with Gasteiger partial charge in [-0.1, -0.05) is 60.7 Å². The Hall–Kier alpha value is -2.59. The van der Waals surface area contributed by atoms with Crippen molar-refractivity contribution in [2.45, 2.75) is 50.3 Å². The van der Waals surface area contributed by atoms with Crippen molar-refractivity contribution in [3.63, 3.8) is 0 Å². The minimum atomic E-state index is -5.71. The molecule has 2 aliphatic rings. The van der Waals surface area contributed by atoms with Gasteiger partial charge in [-0.2, -0.15) is 8.62 Å². The summed E-state index contributed by atoms with van der Waals surface area (Å²) < 4.78 is 73.7. The maximum absolute atomic E-state index is 12.6. The van der Waals surface area contributed by atoms with E-state index in [4.69, 9.17) is 18.7 Å². The van der Waals surface area contributed by atoms with Gasteiger partial charge in [-0.05, 0) is 17.5 Å². The number of ether oxygens (including phenoxy) is 3. The Morgan fingerprint density at radius 1 is 0.756 bits per heavy atom. The molecule has 17 nitrogen and oxygen atoms in total. The second-order valence-corrected chi connectivity index (χ2v) is 14.5. The summed E-state index contributed by atoms with van der Waals surface area (Å²) in [5, 5.41) is 0. The molecule has 0 spiro atoms. The Morgan fingerprint density at radius 3 is 2.00 bits per heavy atom. The molecule has 0 saturated carbocycles. The van der Waals surface area contributed by atoms with E-state index >= 15 is 0 Å². The van der Waals surface area contributed by atoms with Crippen molar-refractivity contribution < 1.29 is 60.3 Å². The van der Waals surface area contributed by atoms with Crippen LogP contribution in [0.5, 0.6) is 0 Å². The highest BCUT2D eigenvalue weighted by molar-refractivity contribution is 7.66. The van der Waals surface area contributed by atoms with Crippen molar-refractivity contribution in [1.82, 2.24) is 9.55 Å². The van der Waals surface area contributed by atoms with Gasteiger partial charge in [0.25, 0.3) is 5.56 Å². The number of hydrogen-bond donors (Lipinski definition) is 4. The van der Waals surface area contributed by atoms with Crippen LogP contribution in [0.2, 0.25) is 0 Å². The van der Waals surface area contributed by atoms with Gasteiger partial charge in [0.15, 0.2) is 12.5 Å². The molecule has 0 amide bonds. The van der Waals surface area contributed by atoms with Crippen molar-refractivity contribution in [1.29, 1.82) is 0 Å². The Morgan fingerprint density at radius 2 is 1.36 bits per heavy atom. The van der Waals surface area contributed by atoms with Crippen LogP contribution in [0.4, 0.5) is 0 Å². The van der Waals surface area contributed by atoms with E-state index in [0.717, 1.165) is 16.2 Å². The third-order valence-electron chi connectivity index (χ3n) is 6.59. The first-order valence-electron chi connectivity index (χ1n) is 13.3. The van der Waals surface area contributed by atoms with Gasteiger partial charge in [-0.3, -0.25) is 23.4 Å². The SMILES string of the molecule is O=c1ccn(C2OC(COP(=O)(O)OP(=O)(O)OP(=O)(O)OCc3ccccc3)C3OC(CCc4ccccc4)OC32)c(=O)[nH]1. The smallest absolute Gasteiger partial charge is 0.346 e. The zero-order valence-electron chi connectivity index (χ0n) is 23.2. The van der Waals surface area contributed by atoms with Gasteiger partial charge in [0.1, 0.15) is 18.3 Å². The van der Waals surface area contributed by atoms with E-state index in [1.807, 2.05) is 30.3 Å². The molecule has 20 heteroatoms. The fraction of sp³-hybridized carbons (Fsp3) is 0.360. The van der Waals surface area contributed by atoms with Crippen molar-refractivity contribution in [2.75, 3.05) is 6.61 Å². The summed E-state index contributed by atoms with van der Waals surface area (Å²) in [6.45, 7) is -1.28. The molecule has 5 rings (SSSR count). The Kier molecular flexibility index (Phi) is 10.5. The minimum absolute atomic E-state index is 0.401. The standard InChI is InChI=1S/C25H29N2O15P3/c28-20-13-14-27(25(29)26-20)24-23-22(39-21(40-23)12-11-17-7-3-1-4-8-17)19(38-24)16-37-44(32,33)42-45(34,35)41-43(30,31)36-15-18-9-5-2-6-10-18/h1-10,13-14,19,21-24H,11-12,15-16H2,(H,30,31)(H,32,33)(H,34,35)(H,26,28,29). The van der Waals surface area contributed by atoms with Crippen molar-refractivity contribution in [2.24, 2.45) is 0 Å². The normalized spacial score (nSPS) is 26.9. The molecule has 0 aliphatic carbocycles. The lowest BCUT2D eigenvalue weighted by atomic mass is 10.1. The molecular formula is C25H29N2O15P3. The first kappa shape index (κ1) is 33.8. The number of hydrogen-bond acceptors (Lipinski definition) is 12. The average Bonchev–Trinajstić information content (AvgIpc) is 3.53. The van der Waals surface area contributed by atoms with E-state index in [2.05, 4.69) is 18.1 Å². The molecule has 4 N–H and O–H groups in total. The molecule has 2 saturated heterocycles. The number of aryl methyl sites for hydroxylation is 1. The maximum atomic E-state index is 12.6. The maximum Gasteiger partial charge on any atom is 0.490 e. The van der Waals surface area contributed by atoms with E-state index in [1.165, 1.54) is 6.20 Å². The van der Waals surface area contributed by atoms with Gasteiger partial charge in [0.2, 0.25) is 0 Å². The summed E-state index contributed by atoms with van der Waals surface area (Å²) in [6, 6.07) is 18.6. The zero-order chi connectivity index (χ0) is 32.2. The Balaban J connectivity index is 1.23. The predicted molar refractivity (Wildman–Crippen MR) is 152 cm³/mol. The molecule has 0 radical (unpaired) electrons. The fourth-order valence-electron chi connectivity index (χ4n) is 4.67. The van der Waals surface area contributed by atoms with Gasteiger partial charge in [-0.25, -0.2) is 18.5 Å². The van der Waals surface area contributed by atoms with Crippen LogP contribution in [0.25, 0.3) is 0 Å². The first-order chi connectivity index (χ1) is 21.3.